The first-order valence-corrected chi connectivity index (χ1v) is 11.4. The van der Waals surface area contributed by atoms with Crippen molar-refractivity contribution in [2.24, 2.45) is 10.8 Å². The molecule has 9 heteroatoms. The molecule has 0 amide bonds. The fourth-order valence-electron chi connectivity index (χ4n) is 5.94. The predicted molar refractivity (Wildman–Crippen MR) is 122 cm³/mol. The third-order valence-corrected chi connectivity index (χ3v) is 7.08. The molecule has 2 aliphatic heterocycles. The van der Waals surface area contributed by atoms with E-state index in [1.807, 2.05) is 28.9 Å². The van der Waals surface area contributed by atoms with Crippen LogP contribution >= 0.6 is 0 Å². The van der Waals surface area contributed by atoms with Crippen LogP contribution in [-0.4, -0.2) is 78.4 Å². The van der Waals surface area contributed by atoms with E-state index in [1.165, 1.54) is 14.2 Å². The summed E-state index contributed by atoms with van der Waals surface area (Å²) in [5.74, 6) is -1.88. The van der Waals surface area contributed by atoms with Crippen LogP contribution in [0.5, 0.6) is 0 Å². The first-order valence-electron chi connectivity index (χ1n) is 11.4. The maximum atomic E-state index is 14.6. The molecule has 4 rings (SSSR count). The summed E-state index contributed by atoms with van der Waals surface area (Å²) in [7, 11) is 4.34. The monoisotopic (exact) mass is 466 g/mol. The summed E-state index contributed by atoms with van der Waals surface area (Å²) in [4.78, 5) is 54.7. The Hall–Kier alpha value is -3.17. The van der Waals surface area contributed by atoms with E-state index in [0.717, 1.165) is 6.42 Å². The van der Waals surface area contributed by atoms with Crippen LogP contribution in [0.3, 0.4) is 0 Å². The minimum atomic E-state index is -1.68. The highest BCUT2D eigenvalue weighted by Gasteiger charge is 2.75. The van der Waals surface area contributed by atoms with Gasteiger partial charge in [0.15, 0.2) is 16.6 Å². The number of esters is 2. The lowest BCUT2D eigenvalue weighted by molar-refractivity contribution is -0.203. The molecule has 0 aliphatic carbocycles. The Bertz CT molecular complexity index is 986. The Morgan fingerprint density at radius 2 is 1.41 bits per heavy atom. The van der Waals surface area contributed by atoms with Gasteiger partial charge in [-0.25, -0.2) is 0 Å². The number of fused-ring (bicyclic) bond motifs is 2. The van der Waals surface area contributed by atoms with E-state index in [1.54, 1.807) is 43.7 Å². The fourth-order valence-corrected chi connectivity index (χ4v) is 5.94. The van der Waals surface area contributed by atoms with E-state index in [-0.39, 0.29) is 13.1 Å². The molecule has 34 heavy (non-hydrogen) atoms. The van der Waals surface area contributed by atoms with Crippen LogP contribution < -0.4 is 0 Å². The van der Waals surface area contributed by atoms with Gasteiger partial charge in [0.25, 0.3) is 0 Å². The van der Waals surface area contributed by atoms with Crippen molar-refractivity contribution in [2.75, 3.05) is 40.9 Å². The number of methoxy groups -OCH3 is 2. The number of hydrogen-bond donors (Lipinski definition) is 0. The third-order valence-electron chi connectivity index (χ3n) is 7.08. The molecule has 2 saturated heterocycles. The van der Waals surface area contributed by atoms with Crippen molar-refractivity contribution in [1.82, 2.24) is 19.8 Å². The van der Waals surface area contributed by atoms with Crippen LogP contribution in [0.25, 0.3) is 0 Å². The van der Waals surface area contributed by atoms with Crippen molar-refractivity contribution >= 4 is 17.7 Å². The Morgan fingerprint density at radius 3 is 1.76 bits per heavy atom. The van der Waals surface area contributed by atoms with Gasteiger partial charge >= 0.3 is 11.9 Å². The summed E-state index contributed by atoms with van der Waals surface area (Å²) in [5, 5.41) is 0. The summed E-state index contributed by atoms with van der Waals surface area (Å²) < 4.78 is 10.5. The van der Waals surface area contributed by atoms with E-state index in [4.69, 9.17) is 9.47 Å². The predicted octanol–water partition coefficient (Wildman–Crippen LogP) is 1.82. The van der Waals surface area contributed by atoms with E-state index >= 15 is 0 Å². The number of ether oxygens (including phenoxy) is 2. The molecule has 4 atom stereocenters. The van der Waals surface area contributed by atoms with Gasteiger partial charge in [0, 0.05) is 25.5 Å². The zero-order chi connectivity index (χ0) is 24.5. The van der Waals surface area contributed by atoms with Crippen LogP contribution in [0.2, 0.25) is 0 Å². The number of nitrogens with zero attached hydrogens (tertiary/aromatic N) is 4. The molecule has 0 N–H and O–H groups in total. The molecular formula is C25H30N4O5. The second-order valence-electron chi connectivity index (χ2n) is 8.95. The lowest BCUT2D eigenvalue weighted by Gasteiger charge is -2.60. The summed E-state index contributed by atoms with van der Waals surface area (Å²) >= 11 is 0. The molecule has 2 unspecified atom stereocenters. The molecule has 2 aromatic rings. The van der Waals surface area contributed by atoms with Gasteiger partial charge in [-0.3, -0.25) is 29.3 Å². The highest BCUT2D eigenvalue weighted by atomic mass is 16.5. The molecular weight excluding hydrogens is 436 g/mol. The number of carbonyl (C=O) groups excluding carboxylic acids is 3. The number of ketones is 1. The number of carbonyl (C=O) groups is 3. The van der Waals surface area contributed by atoms with Gasteiger partial charge in [-0.15, -0.1) is 0 Å². The molecule has 2 aromatic heterocycles. The van der Waals surface area contributed by atoms with Gasteiger partial charge in [0.1, 0.15) is 0 Å². The average Bonchev–Trinajstić information content (AvgIpc) is 2.86. The van der Waals surface area contributed by atoms with Crippen molar-refractivity contribution in [3.63, 3.8) is 0 Å². The Labute approximate surface area is 199 Å². The smallest absolute Gasteiger partial charge is 0.322 e. The minimum absolute atomic E-state index is 0.117. The van der Waals surface area contributed by atoms with E-state index < -0.39 is 40.6 Å². The largest absolute Gasteiger partial charge is 0.468 e. The number of rotatable bonds is 6. The van der Waals surface area contributed by atoms with Crippen molar-refractivity contribution in [1.29, 1.82) is 0 Å². The highest BCUT2D eigenvalue weighted by Crippen LogP contribution is 2.60. The lowest BCUT2D eigenvalue weighted by Crippen LogP contribution is -2.75. The van der Waals surface area contributed by atoms with Crippen LogP contribution in [0.1, 0.15) is 36.8 Å². The zero-order valence-electron chi connectivity index (χ0n) is 19.9. The maximum Gasteiger partial charge on any atom is 0.322 e. The maximum absolute atomic E-state index is 14.6. The van der Waals surface area contributed by atoms with Gasteiger partial charge in [-0.2, -0.15) is 0 Å². The molecule has 2 aliphatic rings. The summed E-state index contributed by atoms with van der Waals surface area (Å²) in [6, 6.07) is 9.20. The Morgan fingerprint density at radius 1 is 0.941 bits per heavy atom. The lowest BCUT2D eigenvalue weighted by atomic mass is 9.54. The van der Waals surface area contributed by atoms with E-state index in [0.29, 0.717) is 17.9 Å². The SMILES string of the molecule is CCCN1C[C@]2(C(=O)OC)C(=O)[C@](C(=O)OC)(C1)C(c1ccccn1)N(C)C2c1ccccn1. The van der Waals surface area contributed by atoms with Crippen LogP contribution in [-0.2, 0) is 23.9 Å². The number of aromatic nitrogens is 2. The van der Waals surface area contributed by atoms with Gasteiger partial charge < -0.3 is 14.4 Å². The number of Topliss-reactive ketones (excluding diaryl/α,β-unsaturated/α-hetero) is 1. The first-order chi connectivity index (χ1) is 16.4. The normalized spacial score (nSPS) is 29.5. The average molecular weight is 467 g/mol. The highest BCUT2D eigenvalue weighted by molar-refractivity contribution is 6.17. The van der Waals surface area contributed by atoms with Crippen molar-refractivity contribution in [2.45, 2.75) is 25.4 Å². The fraction of sp³-hybridized carbons (Fsp3) is 0.480. The van der Waals surface area contributed by atoms with E-state index in [9.17, 15) is 14.4 Å². The topological polar surface area (TPSA) is 102 Å². The molecule has 2 fully saturated rings. The van der Waals surface area contributed by atoms with Crippen molar-refractivity contribution < 1.29 is 23.9 Å². The molecule has 0 saturated carbocycles. The molecule has 0 spiro atoms. The van der Waals surface area contributed by atoms with E-state index in [2.05, 4.69) is 9.97 Å². The molecule has 180 valence electrons. The molecule has 0 aromatic carbocycles. The number of piperidine rings is 2. The minimum Gasteiger partial charge on any atom is -0.468 e. The number of pyridine rings is 2. The van der Waals surface area contributed by atoms with Gasteiger partial charge in [0.2, 0.25) is 0 Å². The van der Waals surface area contributed by atoms with Crippen LogP contribution in [0, 0.1) is 10.8 Å². The quantitative estimate of drug-likeness (QED) is 0.466. The summed E-state index contributed by atoms with van der Waals surface area (Å²) in [5.41, 5.74) is -2.27. The molecule has 2 bridgehead atoms. The first kappa shape index (κ1) is 24.0. The molecule has 0 radical (unpaired) electrons. The Balaban J connectivity index is 2.07. The number of hydrogen-bond acceptors (Lipinski definition) is 9. The van der Waals surface area contributed by atoms with Gasteiger partial charge in [-0.05, 0) is 44.3 Å². The third kappa shape index (κ3) is 3.33. The molecule has 9 nitrogen and oxygen atoms in total. The summed E-state index contributed by atoms with van der Waals surface area (Å²) in [6.45, 7) is 2.84. The summed E-state index contributed by atoms with van der Waals surface area (Å²) in [6.07, 6.45) is 4.04. The second-order valence-corrected chi connectivity index (χ2v) is 8.95. The van der Waals surface area contributed by atoms with Crippen LogP contribution in [0.4, 0.5) is 0 Å². The van der Waals surface area contributed by atoms with Gasteiger partial charge in [-0.1, -0.05) is 19.1 Å². The second kappa shape index (κ2) is 9.23. The number of likely N-dealkylation sites (tertiary alicyclic amines) is 2. The van der Waals surface area contributed by atoms with Crippen molar-refractivity contribution in [3.8, 4) is 0 Å². The standard InChI is InChI=1S/C25H30N4O5/c1-5-14-29-15-24(22(31)33-3)19(17-10-6-8-12-26-17)28(2)20(18-11-7-9-13-27-18)25(16-29,21(24)30)23(32)34-4/h6-13,19-20H,5,14-16H2,1-4H3/t19?,20?,24-,25+. The Kier molecular flexibility index (Phi) is 6.51. The van der Waals surface area contributed by atoms with Crippen LogP contribution in [0.15, 0.2) is 48.8 Å². The van der Waals surface area contributed by atoms with Crippen molar-refractivity contribution in [3.05, 3.63) is 60.2 Å². The van der Waals surface area contributed by atoms with Gasteiger partial charge in [0.05, 0.1) is 37.7 Å². The molecule has 4 heterocycles. The zero-order valence-corrected chi connectivity index (χ0v) is 19.9.